The SMILES string of the molecule is CC/C=C\C/C=C\C/C=C\C/C=C\C/C=C\CCCCCC(=O)OC[C@@H](COC(=O)CCCCCCC/C=C\CCCC)OC(=O)CCCCCCCCC/C=C\C/C=C\CCCCC. The number of carbonyl (C=O) groups excluding carboxylic acids is 3. The summed E-state index contributed by atoms with van der Waals surface area (Å²) in [5, 5.41) is 0. The van der Waals surface area contributed by atoms with Gasteiger partial charge < -0.3 is 14.2 Å². The molecule has 0 aromatic carbocycles. The quantitative estimate of drug-likeness (QED) is 0.0262. The molecule has 65 heavy (non-hydrogen) atoms. The van der Waals surface area contributed by atoms with Gasteiger partial charge in [-0.1, -0.05) is 201 Å². The standard InChI is InChI=1S/C59H98O6/c1-4-7-10-13-16-19-22-24-26-28-29-31-32-34-37-40-43-46-49-52-58(61)64-55-56(54-63-57(60)51-48-45-42-39-36-21-18-15-12-9-6-3)65-59(62)53-50-47-44-41-38-35-33-30-27-25-23-20-17-14-11-8-5-2/h7,10,15-20,24-27,29,31,34,37,56H,4-6,8-9,11-14,21-23,28,30,32-33,35-36,38-55H2,1-3H3/b10-7-,18-15-,19-16-,20-17-,26-24-,27-25-,31-29-,37-34-/t56-/m1/s1. The van der Waals surface area contributed by atoms with Gasteiger partial charge in [-0.05, 0) is 116 Å². The normalized spacial score (nSPS) is 12.8. The monoisotopic (exact) mass is 903 g/mol. The molecule has 0 fully saturated rings. The highest BCUT2D eigenvalue weighted by atomic mass is 16.6. The molecular formula is C59H98O6. The van der Waals surface area contributed by atoms with Crippen LogP contribution in [0.2, 0.25) is 0 Å². The summed E-state index contributed by atoms with van der Waals surface area (Å²) in [5.41, 5.74) is 0. The van der Waals surface area contributed by atoms with E-state index in [4.69, 9.17) is 14.2 Å². The zero-order valence-corrected chi connectivity index (χ0v) is 42.2. The number of esters is 3. The van der Waals surface area contributed by atoms with Gasteiger partial charge in [0.15, 0.2) is 6.10 Å². The molecule has 0 saturated heterocycles. The van der Waals surface area contributed by atoms with E-state index in [1.54, 1.807) is 0 Å². The summed E-state index contributed by atoms with van der Waals surface area (Å²) in [6.07, 6.45) is 69.6. The lowest BCUT2D eigenvalue weighted by Crippen LogP contribution is -2.30. The molecule has 6 nitrogen and oxygen atoms in total. The molecule has 0 bridgehead atoms. The van der Waals surface area contributed by atoms with E-state index in [0.717, 1.165) is 122 Å². The first-order chi connectivity index (χ1) is 32.0. The summed E-state index contributed by atoms with van der Waals surface area (Å²) in [6.45, 7) is 6.41. The lowest BCUT2D eigenvalue weighted by atomic mass is 10.1. The van der Waals surface area contributed by atoms with Crippen molar-refractivity contribution in [3.8, 4) is 0 Å². The summed E-state index contributed by atoms with van der Waals surface area (Å²) in [4.78, 5) is 38.0. The fraction of sp³-hybridized carbons (Fsp3) is 0.678. The van der Waals surface area contributed by atoms with Crippen LogP contribution >= 0.6 is 0 Å². The predicted molar refractivity (Wildman–Crippen MR) is 279 cm³/mol. The van der Waals surface area contributed by atoms with Gasteiger partial charge in [0.25, 0.3) is 0 Å². The lowest BCUT2D eigenvalue weighted by molar-refractivity contribution is -0.167. The molecule has 0 N–H and O–H groups in total. The zero-order valence-electron chi connectivity index (χ0n) is 42.2. The van der Waals surface area contributed by atoms with Crippen LogP contribution in [0.1, 0.15) is 239 Å². The van der Waals surface area contributed by atoms with Crippen molar-refractivity contribution in [2.45, 2.75) is 245 Å². The third kappa shape index (κ3) is 51.2. The summed E-state index contributed by atoms with van der Waals surface area (Å²) in [7, 11) is 0. The van der Waals surface area contributed by atoms with Crippen molar-refractivity contribution in [2.75, 3.05) is 13.2 Å². The summed E-state index contributed by atoms with van der Waals surface area (Å²) in [5.74, 6) is -0.949. The van der Waals surface area contributed by atoms with Crippen molar-refractivity contribution < 1.29 is 28.6 Å². The molecule has 0 rings (SSSR count). The Morgan fingerprint density at radius 1 is 0.323 bits per heavy atom. The average Bonchev–Trinajstić information content (AvgIpc) is 3.30. The number of rotatable bonds is 47. The van der Waals surface area contributed by atoms with Gasteiger partial charge in [0, 0.05) is 19.3 Å². The molecule has 6 heteroatoms. The topological polar surface area (TPSA) is 78.9 Å². The van der Waals surface area contributed by atoms with E-state index in [-0.39, 0.29) is 31.1 Å². The number of allylic oxidation sites excluding steroid dienone is 16. The van der Waals surface area contributed by atoms with Gasteiger partial charge >= 0.3 is 17.9 Å². The lowest BCUT2D eigenvalue weighted by Gasteiger charge is -2.18. The van der Waals surface area contributed by atoms with Gasteiger partial charge in [0.1, 0.15) is 13.2 Å². The van der Waals surface area contributed by atoms with E-state index in [2.05, 4.69) is 118 Å². The first-order valence-corrected chi connectivity index (χ1v) is 26.7. The predicted octanol–water partition coefficient (Wildman–Crippen LogP) is 17.8. The average molecular weight is 903 g/mol. The number of hydrogen-bond donors (Lipinski definition) is 0. The Morgan fingerprint density at radius 3 is 1.02 bits per heavy atom. The number of ether oxygens (including phenoxy) is 3. The molecule has 0 aliphatic carbocycles. The van der Waals surface area contributed by atoms with Crippen LogP contribution in [0.3, 0.4) is 0 Å². The molecular weight excluding hydrogens is 805 g/mol. The number of unbranched alkanes of at least 4 members (excludes halogenated alkanes) is 20. The highest BCUT2D eigenvalue weighted by molar-refractivity contribution is 5.71. The highest BCUT2D eigenvalue weighted by Gasteiger charge is 2.19. The van der Waals surface area contributed by atoms with E-state index in [1.807, 2.05) is 0 Å². The van der Waals surface area contributed by atoms with Crippen LogP contribution in [-0.2, 0) is 28.6 Å². The van der Waals surface area contributed by atoms with Crippen molar-refractivity contribution in [3.63, 3.8) is 0 Å². The molecule has 0 aliphatic rings. The second-order valence-electron chi connectivity index (χ2n) is 17.4. The van der Waals surface area contributed by atoms with E-state index in [1.165, 1.54) is 77.0 Å². The van der Waals surface area contributed by atoms with E-state index in [0.29, 0.717) is 19.3 Å². The fourth-order valence-electron chi connectivity index (χ4n) is 7.01. The van der Waals surface area contributed by atoms with E-state index >= 15 is 0 Å². The molecule has 0 unspecified atom stereocenters. The fourth-order valence-corrected chi connectivity index (χ4v) is 7.01. The Balaban J connectivity index is 4.45. The molecule has 0 aromatic heterocycles. The first kappa shape index (κ1) is 61.3. The van der Waals surface area contributed by atoms with Gasteiger partial charge in [-0.15, -0.1) is 0 Å². The Bertz CT molecular complexity index is 1310. The van der Waals surface area contributed by atoms with Crippen molar-refractivity contribution in [1.29, 1.82) is 0 Å². The molecule has 0 amide bonds. The maximum Gasteiger partial charge on any atom is 0.306 e. The first-order valence-electron chi connectivity index (χ1n) is 26.7. The van der Waals surface area contributed by atoms with Crippen molar-refractivity contribution in [2.24, 2.45) is 0 Å². The van der Waals surface area contributed by atoms with Gasteiger partial charge in [-0.25, -0.2) is 0 Å². The molecule has 0 spiro atoms. The minimum atomic E-state index is -0.799. The van der Waals surface area contributed by atoms with Crippen LogP contribution in [0.15, 0.2) is 97.2 Å². The second kappa shape index (κ2) is 52.9. The smallest absolute Gasteiger partial charge is 0.306 e. The zero-order chi connectivity index (χ0) is 47.2. The van der Waals surface area contributed by atoms with E-state index in [9.17, 15) is 14.4 Å². The Morgan fingerprint density at radius 2 is 0.615 bits per heavy atom. The van der Waals surface area contributed by atoms with E-state index < -0.39 is 6.10 Å². The third-order valence-electron chi connectivity index (χ3n) is 11.0. The minimum Gasteiger partial charge on any atom is -0.462 e. The third-order valence-corrected chi connectivity index (χ3v) is 11.0. The van der Waals surface area contributed by atoms with Crippen molar-refractivity contribution in [1.82, 2.24) is 0 Å². The Kier molecular flexibility index (Phi) is 50.0. The van der Waals surface area contributed by atoms with Crippen LogP contribution in [0.25, 0.3) is 0 Å². The molecule has 370 valence electrons. The van der Waals surface area contributed by atoms with Crippen LogP contribution in [-0.4, -0.2) is 37.2 Å². The molecule has 1 atom stereocenters. The van der Waals surface area contributed by atoms with Gasteiger partial charge in [0.2, 0.25) is 0 Å². The summed E-state index contributed by atoms with van der Waals surface area (Å²) >= 11 is 0. The second-order valence-corrected chi connectivity index (χ2v) is 17.4. The Labute approximate surface area is 400 Å². The largest absolute Gasteiger partial charge is 0.462 e. The van der Waals surface area contributed by atoms with Crippen LogP contribution in [0.5, 0.6) is 0 Å². The van der Waals surface area contributed by atoms with Crippen molar-refractivity contribution in [3.05, 3.63) is 97.2 Å². The highest BCUT2D eigenvalue weighted by Crippen LogP contribution is 2.13. The van der Waals surface area contributed by atoms with Crippen LogP contribution in [0, 0.1) is 0 Å². The summed E-state index contributed by atoms with van der Waals surface area (Å²) < 4.78 is 16.8. The van der Waals surface area contributed by atoms with Gasteiger partial charge in [0.05, 0.1) is 0 Å². The molecule has 0 aliphatic heterocycles. The molecule has 0 saturated carbocycles. The van der Waals surface area contributed by atoms with Crippen LogP contribution in [0.4, 0.5) is 0 Å². The summed E-state index contributed by atoms with van der Waals surface area (Å²) in [6, 6.07) is 0. The number of hydrogen-bond acceptors (Lipinski definition) is 6. The van der Waals surface area contributed by atoms with Gasteiger partial charge in [-0.3, -0.25) is 14.4 Å². The maximum atomic E-state index is 12.8. The Hall–Kier alpha value is -3.67. The molecule has 0 heterocycles. The maximum absolute atomic E-state index is 12.8. The van der Waals surface area contributed by atoms with Crippen LogP contribution < -0.4 is 0 Å². The minimum absolute atomic E-state index is 0.0968. The molecule has 0 radical (unpaired) electrons. The van der Waals surface area contributed by atoms with Gasteiger partial charge in [-0.2, -0.15) is 0 Å². The number of carbonyl (C=O) groups is 3. The molecule has 0 aromatic rings. The van der Waals surface area contributed by atoms with Crippen molar-refractivity contribution >= 4 is 17.9 Å².